The highest BCUT2D eigenvalue weighted by molar-refractivity contribution is 4.98. The van der Waals surface area contributed by atoms with E-state index in [9.17, 15) is 0 Å². The Hall–Kier alpha value is -0.120. The first kappa shape index (κ1) is 7.98. The molecule has 1 rings (SSSR count). The van der Waals surface area contributed by atoms with E-state index in [2.05, 4.69) is 0 Å². The lowest BCUT2D eigenvalue weighted by atomic mass is 9.73. The van der Waals surface area contributed by atoms with Gasteiger partial charge in [-0.3, -0.25) is 0 Å². The van der Waals surface area contributed by atoms with Crippen LogP contribution in [0.5, 0.6) is 0 Å². The van der Waals surface area contributed by atoms with E-state index in [1.165, 1.54) is 0 Å². The predicted octanol–water partition coefficient (Wildman–Crippen LogP) is -0.125. The molecule has 0 amide bonds. The lowest BCUT2D eigenvalue weighted by molar-refractivity contribution is 0.00702. The molecule has 0 aromatic rings. The molecule has 1 saturated carbocycles. The summed E-state index contributed by atoms with van der Waals surface area (Å²) >= 11 is 0. The number of nitrogens with two attached hydrogens (primary N) is 1. The maximum atomic E-state index is 8.96. The summed E-state index contributed by atoms with van der Waals surface area (Å²) in [7, 11) is 1.67. The van der Waals surface area contributed by atoms with Crippen molar-refractivity contribution >= 4 is 0 Å². The van der Waals surface area contributed by atoms with E-state index in [-0.39, 0.29) is 11.6 Å². The van der Waals surface area contributed by atoms with Crippen molar-refractivity contribution in [2.45, 2.75) is 30.9 Å². The minimum atomic E-state index is -0.165. The Balaban J connectivity index is 2.15. The van der Waals surface area contributed by atoms with Crippen molar-refractivity contribution in [2.75, 3.05) is 13.7 Å². The van der Waals surface area contributed by atoms with Gasteiger partial charge in [-0.05, 0) is 19.3 Å². The van der Waals surface area contributed by atoms with Crippen LogP contribution < -0.4 is 5.73 Å². The second-order valence-electron chi connectivity index (χ2n) is 3.17. The van der Waals surface area contributed by atoms with Crippen molar-refractivity contribution in [3.05, 3.63) is 0 Å². The Morgan fingerprint density at radius 2 is 2.30 bits per heavy atom. The van der Waals surface area contributed by atoms with Gasteiger partial charge in [0.25, 0.3) is 0 Å². The van der Waals surface area contributed by atoms with Crippen LogP contribution >= 0.6 is 0 Å². The van der Waals surface area contributed by atoms with Crippen LogP contribution in [0.15, 0.2) is 0 Å². The molecule has 3 heteroatoms. The minimum Gasteiger partial charge on any atom is -0.393 e. The average Bonchev–Trinajstić information content (AvgIpc) is 1.81. The SMILES string of the molecule is COCCC1(N)CC(O)C1. The molecule has 0 spiro atoms. The second-order valence-corrected chi connectivity index (χ2v) is 3.17. The number of aliphatic hydroxyl groups excluding tert-OH is 1. The van der Waals surface area contributed by atoms with E-state index in [0.717, 1.165) is 19.3 Å². The zero-order valence-corrected chi connectivity index (χ0v) is 6.34. The highest BCUT2D eigenvalue weighted by Gasteiger charge is 2.39. The third-order valence-corrected chi connectivity index (χ3v) is 2.09. The second kappa shape index (κ2) is 2.86. The number of hydrogen-bond acceptors (Lipinski definition) is 3. The molecular formula is C7H15NO2. The Bertz CT molecular complexity index is 110. The third-order valence-electron chi connectivity index (χ3n) is 2.09. The van der Waals surface area contributed by atoms with Crippen molar-refractivity contribution in [1.82, 2.24) is 0 Å². The predicted molar refractivity (Wildman–Crippen MR) is 38.7 cm³/mol. The summed E-state index contributed by atoms with van der Waals surface area (Å²) in [4.78, 5) is 0. The van der Waals surface area contributed by atoms with E-state index >= 15 is 0 Å². The summed E-state index contributed by atoms with van der Waals surface area (Å²) in [5, 5.41) is 8.96. The van der Waals surface area contributed by atoms with Gasteiger partial charge in [-0.2, -0.15) is 0 Å². The molecule has 10 heavy (non-hydrogen) atoms. The first-order valence-electron chi connectivity index (χ1n) is 3.62. The van der Waals surface area contributed by atoms with Crippen LogP contribution in [0, 0.1) is 0 Å². The molecule has 1 aliphatic rings. The van der Waals surface area contributed by atoms with Crippen LogP contribution in [0.1, 0.15) is 19.3 Å². The zero-order chi connectivity index (χ0) is 7.61. The van der Waals surface area contributed by atoms with Crippen molar-refractivity contribution in [2.24, 2.45) is 5.73 Å². The van der Waals surface area contributed by atoms with E-state index in [0.29, 0.717) is 6.61 Å². The van der Waals surface area contributed by atoms with Crippen molar-refractivity contribution < 1.29 is 9.84 Å². The Morgan fingerprint density at radius 1 is 1.70 bits per heavy atom. The van der Waals surface area contributed by atoms with Gasteiger partial charge in [0.1, 0.15) is 0 Å². The first-order chi connectivity index (χ1) is 4.66. The van der Waals surface area contributed by atoms with Crippen LogP contribution in [-0.4, -0.2) is 30.5 Å². The van der Waals surface area contributed by atoms with Crippen molar-refractivity contribution in [3.63, 3.8) is 0 Å². The molecule has 0 aromatic heterocycles. The summed E-state index contributed by atoms with van der Waals surface area (Å²) in [6.07, 6.45) is 2.16. The molecule has 3 nitrogen and oxygen atoms in total. The quantitative estimate of drug-likeness (QED) is 0.582. The molecule has 0 aromatic carbocycles. The number of aliphatic hydroxyl groups is 1. The van der Waals surface area contributed by atoms with E-state index < -0.39 is 0 Å². The highest BCUT2D eigenvalue weighted by atomic mass is 16.5. The highest BCUT2D eigenvalue weighted by Crippen LogP contribution is 2.32. The van der Waals surface area contributed by atoms with Gasteiger partial charge in [-0.25, -0.2) is 0 Å². The van der Waals surface area contributed by atoms with E-state index in [1.807, 2.05) is 0 Å². The molecule has 0 unspecified atom stereocenters. The number of hydrogen-bond donors (Lipinski definition) is 2. The van der Waals surface area contributed by atoms with Gasteiger partial charge in [0, 0.05) is 19.3 Å². The largest absolute Gasteiger partial charge is 0.393 e. The molecule has 0 aliphatic heterocycles. The average molecular weight is 145 g/mol. The lowest BCUT2D eigenvalue weighted by Crippen LogP contribution is -2.54. The normalized spacial score (nSPS) is 39.3. The smallest absolute Gasteiger partial charge is 0.0575 e. The van der Waals surface area contributed by atoms with Gasteiger partial charge in [-0.15, -0.1) is 0 Å². The number of methoxy groups -OCH3 is 1. The first-order valence-corrected chi connectivity index (χ1v) is 3.62. The zero-order valence-electron chi connectivity index (χ0n) is 6.34. The van der Waals surface area contributed by atoms with Crippen LogP contribution in [0.4, 0.5) is 0 Å². The fourth-order valence-corrected chi connectivity index (χ4v) is 1.39. The fraction of sp³-hybridized carbons (Fsp3) is 1.00. The Kier molecular flexibility index (Phi) is 2.28. The molecule has 0 atom stereocenters. The summed E-state index contributed by atoms with van der Waals surface area (Å²) in [6, 6.07) is 0. The van der Waals surface area contributed by atoms with E-state index in [4.69, 9.17) is 15.6 Å². The molecular weight excluding hydrogens is 130 g/mol. The summed E-state index contributed by atoms with van der Waals surface area (Å²) in [5.41, 5.74) is 5.71. The van der Waals surface area contributed by atoms with Crippen LogP contribution in [-0.2, 0) is 4.74 Å². The monoisotopic (exact) mass is 145 g/mol. The standard InChI is InChI=1S/C7H15NO2/c1-10-3-2-7(8)4-6(9)5-7/h6,9H,2-5,8H2,1H3. The molecule has 0 bridgehead atoms. The molecule has 0 saturated heterocycles. The molecule has 3 N–H and O–H groups in total. The molecule has 0 radical (unpaired) electrons. The van der Waals surface area contributed by atoms with Gasteiger partial charge in [0.15, 0.2) is 0 Å². The minimum absolute atomic E-state index is 0.130. The van der Waals surface area contributed by atoms with Gasteiger partial charge in [0.05, 0.1) is 6.10 Å². The number of rotatable bonds is 3. The molecule has 1 aliphatic carbocycles. The molecule has 60 valence electrons. The van der Waals surface area contributed by atoms with Gasteiger partial charge >= 0.3 is 0 Å². The number of ether oxygens (including phenoxy) is 1. The van der Waals surface area contributed by atoms with Gasteiger partial charge < -0.3 is 15.6 Å². The van der Waals surface area contributed by atoms with E-state index in [1.54, 1.807) is 7.11 Å². The van der Waals surface area contributed by atoms with Crippen LogP contribution in [0.3, 0.4) is 0 Å². The van der Waals surface area contributed by atoms with Gasteiger partial charge in [-0.1, -0.05) is 0 Å². The maximum Gasteiger partial charge on any atom is 0.0575 e. The maximum absolute atomic E-state index is 8.96. The fourth-order valence-electron chi connectivity index (χ4n) is 1.39. The molecule has 1 fully saturated rings. The van der Waals surface area contributed by atoms with Crippen molar-refractivity contribution in [1.29, 1.82) is 0 Å². The van der Waals surface area contributed by atoms with Crippen LogP contribution in [0.25, 0.3) is 0 Å². The summed E-state index contributed by atoms with van der Waals surface area (Å²) in [6.45, 7) is 0.698. The Morgan fingerprint density at radius 3 is 2.70 bits per heavy atom. The summed E-state index contributed by atoms with van der Waals surface area (Å²) in [5.74, 6) is 0. The van der Waals surface area contributed by atoms with Crippen LogP contribution in [0.2, 0.25) is 0 Å². The third kappa shape index (κ3) is 1.68. The van der Waals surface area contributed by atoms with Gasteiger partial charge in [0.2, 0.25) is 0 Å². The van der Waals surface area contributed by atoms with Crippen molar-refractivity contribution in [3.8, 4) is 0 Å². The Labute approximate surface area is 61.2 Å². The topological polar surface area (TPSA) is 55.5 Å². The summed E-state index contributed by atoms with van der Waals surface area (Å²) < 4.78 is 4.89. The molecule has 0 heterocycles. The lowest BCUT2D eigenvalue weighted by Gasteiger charge is -2.42.